The SMILES string of the molecule is CC(CN)N(C)C(=O)CC(NC(=O)c1ccccc1Cl)c1ccccc1.Cl. The second kappa shape index (κ2) is 10.9. The maximum atomic E-state index is 12.7. The molecule has 0 aliphatic carbocycles. The van der Waals surface area contributed by atoms with Gasteiger partial charge in [0.15, 0.2) is 0 Å². The summed E-state index contributed by atoms with van der Waals surface area (Å²) in [5.41, 5.74) is 6.89. The number of nitrogens with zero attached hydrogens (tertiary/aromatic N) is 1. The van der Waals surface area contributed by atoms with Crippen LogP contribution in [0.1, 0.15) is 35.3 Å². The Kier molecular flexibility index (Phi) is 9.29. The van der Waals surface area contributed by atoms with Crippen LogP contribution in [0.15, 0.2) is 54.6 Å². The molecule has 2 aromatic rings. The van der Waals surface area contributed by atoms with E-state index in [-0.39, 0.29) is 36.7 Å². The molecular formula is C20H25Cl2N3O2. The standard InChI is InChI=1S/C20H24ClN3O2.ClH/c1-14(13-22)24(2)19(25)12-18(15-8-4-3-5-9-15)23-20(26)16-10-6-7-11-17(16)21;/h3-11,14,18H,12-13,22H2,1-2H3,(H,23,26);1H. The minimum absolute atomic E-state index is 0. The number of amides is 2. The van der Waals surface area contributed by atoms with Gasteiger partial charge < -0.3 is 16.0 Å². The van der Waals surface area contributed by atoms with Crippen LogP contribution in [0, 0.1) is 0 Å². The molecule has 0 aromatic heterocycles. The largest absolute Gasteiger partial charge is 0.345 e. The van der Waals surface area contributed by atoms with E-state index in [1.165, 1.54) is 0 Å². The van der Waals surface area contributed by atoms with Gasteiger partial charge in [0.25, 0.3) is 5.91 Å². The van der Waals surface area contributed by atoms with E-state index in [4.69, 9.17) is 17.3 Å². The van der Waals surface area contributed by atoms with Crippen molar-refractivity contribution in [1.82, 2.24) is 10.2 Å². The Morgan fingerprint density at radius 2 is 1.70 bits per heavy atom. The molecule has 2 amide bonds. The van der Waals surface area contributed by atoms with Crippen LogP contribution in [0.2, 0.25) is 5.02 Å². The highest BCUT2D eigenvalue weighted by Gasteiger charge is 2.23. The van der Waals surface area contributed by atoms with Gasteiger partial charge in [-0.2, -0.15) is 0 Å². The monoisotopic (exact) mass is 409 g/mol. The summed E-state index contributed by atoms with van der Waals surface area (Å²) in [5.74, 6) is -0.400. The lowest BCUT2D eigenvalue weighted by molar-refractivity contribution is -0.132. The van der Waals surface area contributed by atoms with Crippen molar-refractivity contribution in [2.24, 2.45) is 5.73 Å². The third-order valence-electron chi connectivity index (χ3n) is 4.40. The van der Waals surface area contributed by atoms with Gasteiger partial charge in [-0.05, 0) is 24.6 Å². The molecule has 0 saturated heterocycles. The quantitative estimate of drug-likeness (QED) is 0.735. The number of carbonyl (C=O) groups excluding carboxylic acids is 2. The summed E-state index contributed by atoms with van der Waals surface area (Å²) < 4.78 is 0. The van der Waals surface area contributed by atoms with E-state index >= 15 is 0 Å². The van der Waals surface area contributed by atoms with Gasteiger partial charge in [-0.1, -0.05) is 54.1 Å². The molecule has 2 rings (SSSR count). The maximum Gasteiger partial charge on any atom is 0.253 e. The van der Waals surface area contributed by atoms with Crippen molar-refractivity contribution < 1.29 is 9.59 Å². The van der Waals surface area contributed by atoms with Crippen molar-refractivity contribution in [3.63, 3.8) is 0 Å². The van der Waals surface area contributed by atoms with Gasteiger partial charge in [0.1, 0.15) is 0 Å². The average Bonchev–Trinajstić information content (AvgIpc) is 2.67. The molecule has 2 aromatic carbocycles. The first-order valence-electron chi connectivity index (χ1n) is 8.50. The Bertz CT molecular complexity index is 756. The van der Waals surface area contributed by atoms with Crippen LogP contribution >= 0.6 is 24.0 Å². The van der Waals surface area contributed by atoms with Gasteiger partial charge in [-0.25, -0.2) is 0 Å². The van der Waals surface area contributed by atoms with Gasteiger partial charge in [0, 0.05) is 19.6 Å². The Morgan fingerprint density at radius 1 is 1.11 bits per heavy atom. The summed E-state index contributed by atoms with van der Waals surface area (Å²) in [6, 6.07) is 15.7. The summed E-state index contributed by atoms with van der Waals surface area (Å²) in [6.45, 7) is 2.27. The molecule has 0 fully saturated rings. The molecule has 0 aliphatic heterocycles. The predicted molar refractivity (Wildman–Crippen MR) is 111 cm³/mol. The zero-order valence-corrected chi connectivity index (χ0v) is 17.0. The van der Waals surface area contributed by atoms with Crippen molar-refractivity contribution in [2.75, 3.05) is 13.6 Å². The second-order valence-electron chi connectivity index (χ2n) is 6.21. The number of halogens is 2. The number of nitrogens with one attached hydrogen (secondary N) is 1. The zero-order chi connectivity index (χ0) is 19.1. The van der Waals surface area contributed by atoms with Crippen molar-refractivity contribution in [2.45, 2.75) is 25.4 Å². The third kappa shape index (κ3) is 6.24. The van der Waals surface area contributed by atoms with Crippen molar-refractivity contribution in [3.05, 3.63) is 70.7 Å². The summed E-state index contributed by atoms with van der Waals surface area (Å²) >= 11 is 6.12. The lowest BCUT2D eigenvalue weighted by Gasteiger charge is -2.27. The number of benzene rings is 2. The van der Waals surface area contributed by atoms with Crippen LogP contribution in [0.3, 0.4) is 0 Å². The van der Waals surface area contributed by atoms with Crippen LogP contribution < -0.4 is 11.1 Å². The Labute approximate surface area is 171 Å². The Hall–Kier alpha value is -2.08. The number of hydrogen-bond acceptors (Lipinski definition) is 3. The number of rotatable bonds is 7. The van der Waals surface area contributed by atoms with E-state index in [2.05, 4.69) is 5.32 Å². The van der Waals surface area contributed by atoms with E-state index < -0.39 is 6.04 Å². The van der Waals surface area contributed by atoms with Gasteiger partial charge >= 0.3 is 0 Å². The summed E-state index contributed by atoms with van der Waals surface area (Å²) in [6.07, 6.45) is 0.140. The number of nitrogens with two attached hydrogens (primary N) is 1. The first kappa shape index (κ1) is 23.0. The van der Waals surface area contributed by atoms with E-state index in [0.717, 1.165) is 5.56 Å². The van der Waals surface area contributed by atoms with Gasteiger partial charge in [0.05, 0.1) is 23.0 Å². The molecule has 0 spiro atoms. The maximum absolute atomic E-state index is 12.7. The van der Waals surface area contributed by atoms with Crippen molar-refractivity contribution >= 4 is 35.8 Å². The van der Waals surface area contributed by atoms with Gasteiger partial charge in [-0.15, -0.1) is 12.4 Å². The fourth-order valence-corrected chi connectivity index (χ4v) is 2.76. The molecule has 0 aliphatic rings. The number of hydrogen-bond donors (Lipinski definition) is 2. The first-order chi connectivity index (χ1) is 12.4. The van der Waals surface area contributed by atoms with E-state index in [0.29, 0.717) is 17.1 Å². The number of carbonyl (C=O) groups is 2. The van der Waals surface area contributed by atoms with Gasteiger partial charge in [0.2, 0.25) is 5.91 Å². The van der Waals surface area contributed by atoms with Gasteiger partial charge in [-0.3, -0.25) is 9.59 Å². The fraction of sp³-hybridized carbons (Fsp3) is 0.300. The first-order valence-corrected chi connectivity index (χ1v) is 8.88. The van der Waals surface area contributed by atoms with E-state index in [9.17, 15) is 9.59 Å². The van der Waals surface area contributed by atoms with E-state index in [1.54, 1.807) is 36.2 Å². The van der Waals surface area contributed by atoms with E-state index in [1.807, 2.05) is 37.3 Å². The van der Waals surface area contributed by atoms with Crippen LogP contribution in [0.25, 0.3) is 0 Å². The minimum atomic E-state index is -0.458. The Balaban J connectivity index is 0.00000364. The number of likely N-dealkylation sites (N-methyl/N-ethyl adjacent to an activating group) is 1. The highest BCUT2D eigenvalue weighted by atomic mass is 35.5. The lowest BCUT2D eigenvalue weighted by atomic mass is 10.0. The van der Waals surface area contributed by atoms with Crippen molar-refractivity contribution in [3.8, 4) is 0 Å². The minimum Gasteiger partial charge on any atom is -0.345 e. The highest BCUT2D eigenvalue weighted by molar-refractivity contribution is 6.33. The molecule has 0 saturated carbocycles. The molecule has 2 unspecified atom stereocenters. The second-order valence-corrected chi connectivity index (χ2v) is 6.62. The molecule has 0 radical (unpaired) electrons. The van der Waals surface area contributed by atoms with Crippen LogP contribution in [-0.2, 0) is 4.79 Å². The summed E-state index contributed by atoms with van der Waals surface area (Å²) in [5, 5.41) is 3.30. The van der Waals surface area contributed by atoms with Crippen LogP contribution in [0.5, 0.6) is 0 Å². The normalized spacial score (nSPS) is 12.4. The van der Waals surface area contributed by atoms with Crippen molar-refractivity contribution in [1.29, 1.82) is 0 Å². The highest BCUT2D eigenvalue weighted by Crippen LogP contribution is 2.21. The molecule has 3 N–H and O–H groups in total. The van der Waals surface area contributed by atoms with Crippen LogP contribution in [-0.4, -0.2) is 36.3 Å². The zero-order valence-electron chi connectivity index (χ0n) is 15.4. The molecule has 0 bridgehead atoms. The molecular weight excluding hydrogens is 385 g/mol. The predicted octanol–water partition coefficient (Wildman–Crippen LogP) is 3.43. The smallest absolute Gasteiger partial charge is 0.253 e. The molecule has 27 heavy (non-hydrogen) atoms. The average molecular weight is 410 g/mol. The summed E-state index contributed by atoms with van der Waals surface area (Å²) in [7, 11) is 1.72. The summed E-state index contributed by atoms with van der Waals surface area (Å²) in [4.78, 5) is 26.9. The third-order valence-corrected chi connectivity index (χ3v) is 4.73. The topological polar surface area (TPSA) is 75.4 Å². The molecule has 2 atom stereocenters. The fourth-order valence-electron chi connectivity index (χ4n) is 2.54. The molecule has 146 valence electrons. The van der Waals surface area contributed by atoms with Crippen LogP contribution in [0.4, 0.5) is 0 Å². The lowest BCUT2D eigenvalue weighted by Crippen LogP contribution is -2.41. The molecule has 5 nitrogen and oxygen atoms in total. The molecule has 0 heterocycles. The Morgan fingerprint density at radius 3 is 2.30 bits per heavy atom. The molecule has 7 heteroatoms.